The van der Waals surface area contributed by atoms with Crippen LogP contribution in [0.4, 0.5) is 5.69 Å². The van der Waals surface area contributed by atoms with E-state index in [2.05, 4.69) is 0 Å². The molecule has 0 bridgehead atoms. The first kappa shape index (κ1) is 14.8. The van der Waals surface area contributed by atoms with Crippen LogP contribution in [-0.2, 0) is 4.74 Å². The number of benzene rings is 1. The van der Waals surface area contributed by atoms with E-state index in [0.717, 1.165) is 31.9 Å². The largest absolute Gasteiger partial charge is 0.502 e. The third kappa shape index (κ3) is 2.76. The van der Waals surface area contributed by atoms with Crippen LogP contribution >= 0.6 is 0 Å². The van der Waals surface area contributed by atoms with Crippen molar-refractivity contribution < 1.29 is 19.6 Å². The summed E-state index contributed by atoms with van der Waals surface area (Å²) in [6.45, 7) is 2.01. The predicted octanol–water partition coefficient (Wildman–Crippen LogP) is 1.94. The molecule has 7 heteroatoms. The van der Waals surface area contributed by atoms with Gasteiger partial charge >= 0.3 is 5.69 Å². The van der Waals surface area contributed by atoms with Crippen LogP contribution in [0.5, 0.6) is 5.75 Å². The normalized spacial score (nSPS) is 24.6. The van der Waals surface area contributed by atoms with E-state index >= 15 is 0 Å². The number of amides is 1. The minimum atomic E-state index is -0.687. The Balaban J connectivity index is 1.76. The molecule has 0 aliphatic carbocycles. The lowest BCUT2D eigenvalue weighted by Gasteiger charge is -2.41. The second-order valence-electron chi connectivity index (χ2n) is 5.81. The number of hydrogen-bond donors (Lipinski definition) is 1. The summed E-state index contributed by atoms with van der Waals surface area (Å²) in [5.41, 5.74) is -0.207. The molecule has 118 valence electrons. The Kier molecular flexibility index (Phi) is 3.98. The lowest BCUT2D eigenvalue weighted by molar-refractivity contribution is -0.385. The van der Waals surface area contributed by atoms with Gasteiger partial charge < -0.3 is 14.7 Å². The second-order valence-corrected chi connectivity index (χ2v) is 5.81. The SMILES string of the molecule is O=C(c1ccc(O)c([N+](=O)[O-])c1)N1CC[C@H]2OCCC[C@@H]2C1. The number of piperidine rings is 1. The van der Waals surface area contributed by atoms with E-state index in [0.29, 0.717) is 19.0 Å². The zero-order valence-electron chi connectivity index (χ0n) is 12.1. The van der Waals surface area contributed by atoms with Gasteiger partial charge in [-0.1, -0.05) is 0 Å². The molecule has 0 radical (unpaired) electrons. The van der Waals surface area contributed by atoms with Crippen molar-refractivity contribution in [2.24, 2.45) is 5.92 Å². The molecule has 2 heterocycles. The highest BCUT2D eigenvalue weighted by Gasteiger charge is 2.34. The lowest BCUT2D eigenvalue weighted by Crippen LogP contribution is -2.48. The number of fused-ring (bicyclic) bond motifs is 1. The molecule has 0 aromatic heterocycles. The van der Waals surface area contributed by atoms with E-state index in [1.807, 2.05) is 0 Å². The Bertz CT molecular complexity index is 604. The molecule has 22 heavy (non-hydrogen) atoms. The number of carbonyl (C=O) groups is 1. The van der Waals surface area contributed by atoms with Gasteiger partial charge in [0.15, 0.2) is 5.75 Å². The molecule has 1 aromatic carbocycles. The van der Waals surface area contributed by atoms with Crippen LogP contribution in [0.1, 0.15) is 29.6 Å². The summed E-state index contributed by atoms with van der Waals surface area (Å²) in [5.74, 6) is -0.313. The smallest absolute Gasteiger partial charge is 0.311 e. The zero-order valence-corrected chi connectivity index (χ0v) is 12.1. The van der Waals surface area contributed by atoms with E-state index in [4.69, 9.17) is 4.74 Å². The van der Waals surface area contributed by atoms with Gasteiger partial charge in [-0.2, -0.15) is 0 Å². The van der Waals surface area contributed by atoms with E-state index in [1.54, 1.807) is 4.90 Å². The summed E-state index contributed by atoms with van der Waals surface area (Å²) in [4.78, 5) is 24.4. The number of nitro groups is 1. The van der Waals surface area contributed by atoms with Crippen molar-refractivity contribution in [3.8, 4) is 5.75 Å². The molecule has 2 aliphatic heterocycles. The van der Waals surface area contributed by atoms with E-state index in [-0.39, 0.29) is 17.6 Å². The molecule has 0 unspecified atom stereocenters. The fraction of sp³-hybridized carbons (Fsp3) is 0.533. The standard InChI is InChI=1S/C15H18N2O5/c18-13-4-3-10(8-12(13)17(20)21)15(19)16-6-5-14-11(9-16)2-1-7-22-14/h3-4,8,11,14,18H,1-2,5-7,9H2/t11-,14-/m1/s1. The average Bonchev–Trinajstić information content (AvgIpc) is 2.54. The number of aromatic hydroxyl groups is 1. The van der Waals surface area contributed by atoms with Gasteiger partial charge in [0.25, 0.3) is 5.91 Å². The summed E-state index contributed by atoms with van der Waals surface area (Å²) >= 11 is 0. The van der Waals surface area contributed by atoms with Crippen molar-refractivity contribution in [1.82, 2.24) is 4.90 Å². The first-order valence-electron chi connectivity index (χ1n) is 7.44. The van der Waals surface area contributed by atoms with Crippen LogP contribution < -0.4 is 0 Å². The Morgan fingerprint density at radius 3 is 3.00 bits per heavy atom. The Labute approximate surface area is 127 Å². The van der Waals surface area contributed by atoms with Gasteiger partial charge in [0.05, 0.1) is 11.0 Å². The van der Waals surface area contributed by atoms with Gasteiger partial charge in [0, 0.05) is 37.2 Å². The minimum absolute atomic E-state index is 0.229. The Morgan fingerprint density at radius 2 is 2.23 bits per heavy atom. The van der Waals surface area contributed by atoms with Crippen LogP contribution in [0.2, 0.25) is 0 Å². The number of hydrogen-bond acceptors (Lipinski definition) is 5. The van der Waals surface area contributed by atoms with Crippen molar-refractivity contribution >= 4 is 11.6 Å². The molecular formula is C15H18N2O5. The predicted molar refractivity (Wildman–Crippen MR) is 77.7 cm³/mol. The van der Waals surface area contributed by atoms with Gasteiger partial charge in [-0.05, 0) is 31.4 Å². The zero-order chi connectivity index (χ0) is 15.7. The van der Waals surface area contributed by atoms with Crippen LogP contribution in [0.3, 0.4) is 0 Å². The molecule has 3 rings (SSSR count). The molecule has 1 N–H and O–H groups in total. The minimum Gasteiger partial charge on any atom is -0.502 e. The number of phenolic OH excluding ortho intramolecular Hbond substituents is 1. The molecule has 2 aliphatic rings. The number of carbonyl (C=O) groups excluding carboxylic acids is 1. The van der Waals surface area contributed by atoms with Crippen molar-refractivity contribution in [3.05, 3.63) is 33.9 Å². The van der Waals surface area contributed by atoms with Crippen LogP contribution in [0.25, 0.3) is 0 Å². The van der Waals surface area contributed by atoms with Crippen LogP contribution in [0.15, 0.2) is 18.2 Å². The van der Waals surface area contributed by atoms with Crippen LogP contribution in [-0.4, -0.2) is 46.6 Å². The fourth-order valence-corrected chi connectivity index (χ4v) is 3.26. The maximum absolute atomic E-state index is 12.5. The van der Waals surface area contributed by atoms with E-state index in [1.165, 1.54) is 12.1 Å². The number of likely N-dealkylation sites (tertiary alicyclic amines) is 1. The van der Waals surface area contributed by atoms with Gasteiger partial charge in [0.2, 0.25) is 0 Å². The lowest BCUT2D eigenvalue weighted by atomic mass is 9.88. The third-order valence-electron chi connectivity index (χ3n) is 4.42. The fourth-order valence-electron chi connectivity index (χ4n) is 3.26. The monoisotopic (exact) mass is 306 g/mol. The molecular weight excluding hydrogens is 288 g/mol. The van der Waals surface area contributed by atoms with Gasteiger partial charge in [-0.3, -0.25) is 14.9 Å². The third-order valence-corrected chi connectivity index (χ3v) is 4.42. The molecule has 0 saturated carbocycles. The van der Waals surface area contributed by atoms with Crippen molar-refractivity contribution in [2.45, 2.75) is 25.4 Å². The highest BCUT2D eigenvalue weighted by molar-refractivity contribution is 5.95. The number of nitrogens with zero attached hydrogens (tertiary/aromatic N) is 2. The maximum Gasteiger partial charge on any atom is 0.311 e. The Hall–Kier alpha value is -2.15. The molecule has 0 spiro atoms. The summed E-state index contributed by atoms with van der Waals surface area (Å²) in [6, 6.07) is 3.76. The van der Waals surface area contributed by atoms with E-state index < -0.39 is 16.4 Å². The molecule has 7 nitrogen and oxygen atoms in total. The van der Waals surface area contributed by atoms with Crippen LogP contribution in [0, 0.1) is 16.0 Å². The highest BCUT2D eigenvalue weighted by atomic mass is 16.6. The summed E-state index contributed by atoms with van der Waals surface area (Å²) < 4.78 is 5.72. The maximum atomic E-state index is 12.5. The highest BCUT2D eigenvalue weighted by Crippen LogP contribution is 2.31. The quantitative estimate of drug-likeness (QED) is 0.666. The molecule has 1 aromatic rings. The molecule has 2 atom stereocenters. The number of ether oxygens (including phenoxy) is 1. The van der Waals surface area contributed by atoms with Gasteiger partial charge in [0.1, 0.15) is 0 Å². The molecule has 2 fully saturated rings. The summed E-state index contributed by atoms with van der Waals surface area (Å²) in [5, 5.41) is 20.3. The molecule has 2 saturated heterocycles. The van der Waals surface area contributed by atoms with Crippen molar-refractivity contribution in [1.29, 1.82) is 0 Å². The Morgan fingerprint density at radius 1 is 1.41 bits per heavy atom. The topological polar surface area (TPSA) is 92.9 Å². The second kappa shape index (κ2) is 5.92. The van der Waals surface area contributed by atoms with Gasteiger partial charge in [-0.25, -0.2) is 0 Å². The first-order chi connectivity index (χ1) is 10.6. The number of phenols is 1. The van der Waals surface area contributed by atoms with Gasteiger partial charge in [-0.15, -0.1) is 0 Å². The first-order valence-corrected chi connectivity index (χ1v) is 7.44. The van der Waals surface area contributed by atoms with Crippen molar-refractivity contribution in [3.63, 3.8) is 0 Å². The average molecular weight is 306 g/mol. The summed E-state index contributed by atoms with van der Waals surface area (Å²) in [6.07, 6.45) is 3.08. The number of nitro benzene ring substituents is 1. The van der Waals surface area contributed by atoms with Crippen molar-refractivity contribution in [2.75, 3.05) is 19.7 Å². The van der Waals surface area contributed by atoms with E-state index in [9.17, 15) is 20.0 Å². The molecule has 1 amide bonds. The number of rotatable bonds is 2. The summed E-state index contributed by atoms with van der Waals surface area (Å²) in [7, 11) is 0.